The van der Waals surface area contributed by atoms with Gasteiger partial charge in [-0.1, -0.05) is 36.4 Å². The van der Waals surface area contributed by atoms with Crippen LogP contribution in [0.4, 0.5) is 4.79 Å². The largest absolute Gasteiger partial charge is 0.453 e. The first-order valence-corrected chi connectivity index (χ1v) is 9.35. The summed E-state index contributed by atoms with van der Waals surface area (Å²) >= 11 is 0. The first-order chi connectivity index (χ1) is 12.9. The Bertz CT molecular complexity index is 685. The lowest BCUT2D eigenvalue weighted by molar-refractivity contribution is -0.0570. The van der Waals surface area contributed by atoms with Crippen LogP contribution >= 0.6 is 0 Å². The minimum Gasteiger partial charge on any atom is -0.453 e. The van der Waals surface area contributed by atoms with Crippen molar-refractivity contribution in [2.45, 2.75) is 51.5 Å². The van der Waals surface area contributed by atoms with Gasteiger partial charge in [-0.3, -0.25) is 4.90 Å². The van der Waals surface area contributed by atoms with Crippen molar-refractivity contribution in [1.82, 2.24) is 4.90 Å². The average molecular weight is 369 g/mol. The van der Waals surface area contributed by atoms with E-state index in [2.05, 4.69) is 0 Å². The number of rotatable bonds is 5. The first-order valence-electron chi connectivity index (χ1n) is 9.35. The minimum absolute atomic E-state index is 0.222. The molecule has 1 atom stereocenters. The zero-order chi connectivity index (χ0) is 19.3. The van der Waals surface area contributed by atoms with Crippen LogP contribution in [0.15, 0.2) is 60.7 Å². The summed E-state index contributed by atoms with van der Waals surface area (Å²) in [5.74, 6) is 1.41. The lowest BCUT2D eigenvalue weighted by Gasteiger charge is -2.33. The third-order valence-electron chi connectivity index (χ3n) is 4.23. The smallest absolute Gasteiger partial charge is 0.410 e. The van der Waals surface area contributed by atoms with E-state index in [1.54, 1.807) is 4.90 Å². The second-order valence-electron chi connectivity index (χ2n) is 7.61. The van der Waals surface area contributed by atoms with E-state index in [1.165, 1.54) is 0 Å². The number of para-hydroxylation sites is 2. The summed E-state index contributed by atoms with van der Waals surface area (Å²) < 4.78 is 17.9. The number of likely N-dealkylation sites (tertiary alicyclic amines) is 1. The second kappa shape index (κ2) is 8.33. The maximum Gasteiger partial charge on any atom is 0.410 e. The van der Waals surface area contributed by atoms with Gasteiger partial charge in [0.2, 0.25) is 0 Å². The van der Waals surface area contributed by atoms with Crippen molar-refractivity contribution in [2.75, 3.05) is 6.54 Å². The Morgan fingerprint density at radius 3 is 1.96 bits per heavy atom. The van der Waals surface area contributed by atoms with Crippen molar-refractivity contribution in [2.24, 2.45) is 0 Å². The molecule has 27 heavy (non-hydrogen) atoms. The molecular formula is C22H27NO4. The monoisotopic (exact) mass is 369 g/mol. The van der Waals surface area contributed by atoms with Crippen LogP contribution in [0, 0.1) is 0 Å². The molecule has 1 aliphatic rings. The number of nitrogens with zero attached hydrogens (tertiary/aromatic N) is 1. The van der Waals surface area contributed by atoms with E-state index in [0.717, 1.165) is 12.8 Å². The van der Waals surface area contributed by atoms with Crippen molar-refractivity contribution < 1.29 is 19.0 Å². The molecule has 3 rings (SSSR count). The Labute approximate surface area is 160 Å². The number of amides is 1. The van der Waals surface area contributed by atoms with Crippen LogP contribution in [-0.2, 0) is 4.74 Å². The molecule has 0 radical (unpaired) electrons. The Morgan fingerprint density at radius 2 is 1.48 bits per heavy atom. The van der Waals surface area contributed by atoms with Gasteiger partial charge < -0.3 is 14.2 Å². The van der Waals surface area contributed by atoms with Gasteiger partial charge in [0.1, 0.15) is 23.1 Å². The summed E-state index contributed by atoms with van der Waals surface area (Å²) in [6.45, 7) is 6.24. The van der Waals surface area contributed by atoms with Crippen molar-refractivity contribution in [3.05, 3.63) is 60.7 Å². The number of ether oxygens (including phenoxy) is 3. The van der Waals surface area contributed by atoms with Gasteiger partial charge in [-0.05, 0) is 57.9 Å². The maximum atomic E-state index is 12.7. The quantitative estimate of drug-likeness (QED) is 0.706. The number of hydrogen-bond donors (Lipinski definition) is 0. The molecule has 1 heterocycles. The predicted octanol–water partition coefficient (Wildman–Crippen LogP) is 4.87. The van der Waals surface area contributed by atoms with Crippen molar-refractivity contribution in [3.8, 4) is 11.5 Å². The fourth-order valence-corrected chi connectivity index (χ4v) is 3.07. The molecule has 144 valence electrons. The fraction of sp³-hybridized carbons (Fsp3) is 0.409. The standard InChI is InChI=1S/C22H27NO4/c1-22(2,3)27-21(24)23-16-10-15-19(23)20(25-17-11-6-4-7-12-17)26-18-13-8-5-9-14-18/h4-9,11-14,19-20H,10,15-16H2,1-3H3. The summed E-state index contributed by atoms with van der Waals surface area (Å²) in [5, 5.41) is 0. The predicted molar refractivity (Wildman–Crippen MR) is 104 cm³/mol. The highest BCUT2D eigenvalue weighted by molar-refractivity contribution is 5.69. The number of benzene rings is 2. The van der Waals surface area contributed by atoms with Crippen LogP contribution in [0.1, 0.15) is 33.6 Å². The van der Waals surface area contributed by atoms with Gasteiger partial charge in [0.05, 0.1) is 0 Å². The Hall–Kier alpha value is -2.69. The lowest BCUT2D eigenvalue weighted by Crippen LogP contribution is -2.49. The van der Waals surface area contributed by atoms with E-state index in [-0.39, 0.29) is 12.1 Å². The molecule has 2 aromatic rings. The highest BCUT2D eigenvalue weighted by Crippen LogP contribution is 2.27. The molecule has 1 saturated heterocycles. The molecule has 2 aromatic carbocycles. The molecule has 1 aliphatic heterocycles. The molecule has 0 aromatic heterocycles. The third-order valence-corrected chi connectivity index (χ3v) is 4.23. The van der Waals surface area contributed by atoms with Crippen LogP contribution in [0.2, 0.25) is 0 Å². The molecule has 0 spiro atoms. The van der Waals surface area contributed by atoms with Crippen molar-refractivity contribution in [1.29, 1.82) is 0 Å². The average Bonchev–Trinajstić information content (AvgIpc) is 3.11. The van der Waals surface area contributed by atoms with E-state index in [1.807, 2.05) is 81.4 Å². The van der Waals surface area contributed by atoms with Gasteiger partial charge in [0.15, 0.2) is 0 Å². The van der Waals surface area contributed by atoms with Crippen LogP contribution < -0.4 is 9.47 Å². The van der Waals surface area contributed by atoms with Gasteiger partial charge in [-0.2, -0.15) is 0 Å². The second-order valence-corrected chi connectivity index (χ2v) is 7.61. The van der Waals surface area contributed by atoms with Crippen molar-refractivity contribution in [3.63, 3.8) is 0 Å². The summed E-state index contributed by atoms with van der Waals surface area (Å²) in [7, 11) is 0. The molecule has 5 nitrogen and oxygen atoms in total. The molecular weight excluding hydrogens is 342 g/mol. The topological polar surface area (TPSA) is 48.0 Å². The summed E-state index contributed by atoms with van der Waals surface area (Å²) in [4.78, 5) is 14.4. The molecule has 0 bridgehead atoms. The summed E-state index contributed by atoms with van der Waals surface area (Å²) in [5.41, 5.74) is -0.541. The summed E-state index contributed by atoms with van der Waals surface area (Å²) in [6, 6.07) is 18.8. The van der Waals surface area contributed by atoms with Gasteiger partial charge in [-0.25, -0.2) is 4.79 Å². The van der Waals surface area contributed by atoms with E-state index < -0.39 is 11.9 Å². The lowest BCUT2D eigenvalue weighted by atomic mass is 10.2. The zero-order valence-electron chi connectivity index (χ0n) is 16.1. The molecule has 1 unspecified atom stereocenters. The highest BCUT2D eigenvalue weighted by Gasteiger charge is 2.39. The van der Waals surface area contributed by atoms with E-state index in [4.69, 9.17) is 14.2 Å². The molecule has 0 saturated carbocycles. The fourth-order valence-electron chi connectivity index (χ4n) is 3.07. The van der Waals surface area contributed by atoms with Crippen LogP contribution in [0.3, 0.4) is 0 Å². The summed E-state index contributed by atoms with van der Waals surface area (Å²) in [6.07, 6.45) is 0.730. The molecule has 0 N–H and O–H groups in total. The molecule has 1 amide bonds. The van der Waals surface area contributed by atoms with E-state index in [0.29, 0.717) is 18.0 Å². The van der Waals surface area contributed by atoms with Gasteiger partial charge in [-0.15, -0.1) is 0 Å². The number of hydrogen-bond acceptors (Lipinski definition) is 4. The first kappa shape index (κ1) is 19.1. The highest BCUT2D eigenvalue weighted by atomic mass is 16.7. The molecule has 5 heteroatoms. The Morgan fingerprint density at radius 1 is 0.963 bits per heavy atom. The van der Waals surface area contributed by atoms with E-state index >= 15 is 0 Å². The molecule has 1 fully saturated rings. The Balaban J connectivity index is 1.80. The molecule has 0 aliphatic carbocycles. The van der Waals surface area contributed by atoms with Gasteiger partial charge in [0.25, 0.3) is 6.29 Å². The maximum absolute atomic E-state index is 12.7. The van der Waals surface area contributed by atoms with Crippen LogP contribution in [-0.4, -0.2) is 35.5 Å². The van der Waals surface area contributed by atoms with Crippen LogP contribution in [0.25, 0.3) is 0 Å². The Kier molecular flexibility index (Phi) is 5.89. The van der Waals surface area contributed by atoms with Crippen LogP contribution in [0.5, 0.6) is 11.5 Å². The zero-order valence-corrected chi connectivity index (χ0v) is 16.1. The number of carbonyl (C=O) groups is 1. The normalized spacial score (nSPS) is 17.0. The van der Waals surface area contributed by atoms with Gasteiger partial charge >= 0.3 is 6.09 Å². The minimum atomic E-state index is -0.621. The van der Waals surface area contributed by atoms with Gasteiger partial charge in [0, 0.05) is 6.54 Å². The SMILES string of the molecule is CC(C)(C)OC(=O)N1CCCC1C(Oc1ccccc1)Oc1ccccc1. The number of carbonyl (C=O) groups excluding carboxylic acids is 1. The third kappa shape index (κ3) is 5.39. The van der Waals surface area contributed by atoms with E-state index in [9.17, 15) is 4.79 Å². The van der Waals surface area contributed by atoms with Crippen molar-refractivity contribution >= 4 is 6.09 Å².